The molecule has 1 heterocycles. The van der Waals surface area contributed by atoms with Crippen LogP contribution in [0.25, 0.3) is 75.5 Å². The van der Waals surface area contributed by atoms with Gasteiger partial charge in [0.1, 0.15) is 0 Å². The quantitative estimate of drug-likeness (QED) is 0.135. The van der Waals surface area contributed by atoms with Crippen LogP contribution in [-0.4, -0.2) is 0 Å². The number of thiophene rings is 1. The van der Waals surface area contributed by atoms with Crippen molar-refractivity contribution in [1.29, 1.82) is 0 Å². The molecule has 15 aliphatic carbocycles. The van der Waals surface area contributed by atoms with Crippen molar-refractivity contribution >= 4 is 93.5 Å². The molecule has 15 aliphatic rings. The van der Waals surface area contributed by atoms with Crippen molar-refractivity contribution in [2.45, 2.75) is 113 Å². The van der Waals surface area contributed by atoms with Crippen LogP contribution in [0.3, 0.4) is 0 Å². The lowest BCUT2D eigenvalue weighted by atomic mass is 9.43. The zero-order chi connectivity index (χ0) is 79.9. The molecule has 12 bridgehead atoms. The van der Waals surface area contributed by atoms with E-state index >= 15 is 0 Å². The fourth-order valence-corrected chi connectivity index (χ4v) is 30.8. The molecule has 0 N–H and O–H groups in total. The second-order valence-corrected chi connectivity index (χ2v) is 40.1. The number of fused-ring (bicyclic) bond motifs is 13. The lowest BCUT2D eigenvalue weighted by molar-refractivity contribution is -0.0399. The molecule has 12 fully saturated rings. The molecule has 0 atom stereocenters. The zero-order valence-corrected chi connectivity index (χ0v) is 70.2. The van der Waals surface area contributed by atoms with E-state index in [-0.39, 0.29) is 16.2 Å². The molecule has 31 rings (SSSR count). The SMILES string of the molecule is c1ccc(-c2cccc(N(c3ccccc3)c3cccc4c3-c3ccccc3C43C4CC5CC(C4)CC3C5)c2)cc1.c1ccc(N(c2ccc3ccccc3c2)c2cccc3c2-c2ccccc2C32C3CC4CC(C3)CC2C4)cc1.c1ccc(N(c2ccc3sc4ccccc4c3c2)c2cccc3c2-c2ccccc2C32C3CC4CC(C3)CC2C4)cc1. The third-order valence-electron chi connectivity index (χ3n) is 33.3. The number of anilines is 9. The molecule has 0 saturated heterocycles. The average Bonchev–Trinajstić information content (AvgIpc) is 1.50. The summed E-state index contributed by atoms with van der Waals surface area (Å²) >= 11 is 1.89. The van der Waals surface area contributed by atoms with E-state index in [1.54, 1.807) is 33.4 Å². The number of hydrogen-bond acceptors (Lipinski definition) is 4. The maximum atomic E-state index is 2.54. The fraction of sp³-hybridized carbons (Fsp3) is 0.254. The average molecular weight is 1590 g/mol. The second-order valence-electron chi connectivity index (χ2n) is 39.0. The van der Waals surface area contributed by atoms with Crippen molar-refractivity contribution in [1.82, 2.24) is 0 Å². The van der Waals surface area contributed by atoms with E-state index in [0.29, 0.717) is 0 Å². The van der Waals surface area contributed by atoms with Gasteiger partial charge in [-0.05, 0) is 342 Å². The number of nitrogens with zero attached hydrogens (tertiary/aromatic N) is 3. The molecule has 0 radical (unpaired) electrons. The first-order chi connectivity index (χ1) is 60.4. The van der Waals surface area contributed by atoms with Gasteiger partial charge in [0.2, 0.25) is 0 Å². The Kier molecular flexibility index (Phi) is 16.6. The summed E-state index contributed by atoms with van der Waals surface area (Å²) in [7, 11) is 0. The van der Waals surface area contributed by atoms with Gasteiger partial charge in [0.25, 0.3) is 0 Å². The van der Waals surface area contributed by atoms with Crippen LogP contribution >= 0.6 is 11.3 Å². The van der Waals surface area contributed by atoms with Crippen LogP contribution in [0.4, 0.5) is 51.2 Å². The first kappa shape index (κ1) is 71.9. The van der Waals surface area contributed by atoms with Crippen LogP contribution in [0.5, 0.6) is 0 Å². The highest BCUT2D eigenvalue weighted by atomic mass is 32.1. The van der Waals surface area contributed by atoms with Crippen molar-refractivity contribution in [2.75, 3.05) is 14.7 Å². The highest BCUT2D eigenvalue weighted by Crippen LogP contribution is 2.75. The lowest BCUT2D eigenvalue weighted by Gasteiger charge is -2.61. The van der Waals surface area contributed by atoms with Crippen LogP contribution in [0.15, 0.2) is 358 Å². The molecule has 16 aromatic rings. The molecule has 4 heteroatoms. The van der Waals surface area contributed by atoms with Crippen LogP contribution in [0.2, 0.25) is 0 Å². The molecule has 0 aliphatic heterocycles. The molecule has 15 aromatic carbocycles. The predicted octanol–water partition coefficient (Wildman–Crippen LogP) is 31.8. The first-order valence-corrected chi connectivity index (χ1v) is 47.0. The van der Waals surface area contributed by atoms with Crippen molar-refractivity contribution in [3.8, 4) is 44.5 Å². The van der Waals surface area contributed by atoms with Crippen molar-refractivity contribution in [2.24, 2.45) is 71.0 Å². The Morgan fingerprint density at radius 2 is 0.516 bits per heavy atom. The zero-order valence-electron chi connectivity index (χ0n) is 69.3. The van der Waals surface area contributed by atoms with Gasteiger partial charge in [-0.1, -0.05) is 255 Å². The van der Waals surface area contributed by atoms with Gasteiger partial charge in [-0.2, -0.15) is 0 Å². The standard InChI is InChI=1S/C40H33NS.C40H35N.C38H33N/c1-2-9-29(10-3-1)41(30-17-18-38-33(24-30)31-11-5-7-16-37(31)42-38)36-15-8-14-35-39(36)32-12-4-6-13-34(32)40(35)27-20-25-19-26(22-27)23-28(40)21-25;1-3-11-29(12-4-1)30-13-9-16-34(26-30)41(33-14-5-2-6-15-33)38-20-10-19-37-39(38)35-17-7-8-18-36(35)40(37)31-22-27-21-28(24-31)25-32(40)23-27;1-2-11-31(12-3-1)39(32-18-17-27-9-4-5-10-28(27)24-32)36-16-8-15-35-37(36)33-13-6-7-14-34(33)38(35)29-20-25-19-26(22-29)23-30(38)21-25/h1-18,24-28H,19-23H2;1-20,26-28,31-32H,21-25H2;1-18,24-26,29-30H,19-23H2. The van der Waals surface area contributed by atoms with E-state index in [1.807, 2.05) is 11.3 Å². The van der Waals surface area contributed by atoms with Gasteiger partial charge in [0, 0.05) is 87.2 Å². The monoisotopic (exact) mass is 1590 g/mol. The van der Waals surface area contributed by atoms with E-state index in [0.717, 1.165) is 71.0 Å². The van der Waals surface area contributed by atoms with Crippen LogP contribution < -0.4 is 14.7 Å². The minimum Gasteiger partial charge on any atom is -0.310 e. The summed E-state index contributed by atoms with van der Waals surface area (Å²) < 4.78 is 2.71. The van der Waals surface area contributed by atoms with Gasteiger partial charge in [-0.15, -0.1) is 11.3 Å². The van der Waals surface area contributed by atoms with Crippen molar-refractivity contribution in [3.05, 3.63) is 391 Å². The first-order valence-electron chi connectivity index (χ1n) is 46.2. The van der Waals surface area contributed by atoms with Gasteiger partial charge >= 0.3 is 0 Å². The van der Waals surface area contributed by atoms with Crippen LogP contribution in [0, 0.1) is 71.0 Å². The Labute approximate surface area is 722 Å². The number of hydrogen-bond donors (Lipinski definition) is 0. The maximum Gasteiger partial charge on any atom is 0.0543 e. The van der Waals surface area contributed by atoms with Crippen LogP contribution in [-0.2, 0) is 16.2 Å². The molecule has 594 valence electrons. The number of rotatable bonds is 10. The van der Waals surface area contributed by atoms with Gasteiger partial charge in [-0.25, -0.2) is 0 Å². The summed E-state index contributed by atoms with van der Waals surface area (Å²) in [5, 5.41) is 5.26. The highest BCUT2D eigenvalue weighted by Gasteiger charge is 2.65. The van der Waals surface area contributed by atoms with E-state index in [1.165, 1.54) is 223 Å². The van der Waals surface area contributed by atoms with Gasteiger partial charge < -0.3 is 14.7 Å². The molecule has 12 saturated carbocycles. The Bertz CT molecular complexity index is 6710. The minimum absolute atomic E-state index is 0.170. The van der Waals surface area contributed by atoms with Crippen molar-refractivity contribution < 1.29 is 0 Å². The van der Waals surface area contributed by atoms with Crippen molar-refractivity contribution in [3.63, 3.8) is 0 Å². The second kappa shape index (κ2) is 28.1. The largest absolute Gasteiger partial charge is 0.310 e. The van der Waals surface area contributed by atoms with Crippen LogP contribution in [0.1, 0.15) is 130 Å². The summed E-state index contributed by atoms with van der Waals surface area (Å²) in [5.74, 6) is 10.3. The minimum atomic E-state index is 0.170. The summed E-state index contributed by atoms with van der Waals surface area (Å²) in [5.41, 5.74) is 32.7. The fourth-order valence-electron chi connectivity index (χ4n) is 29.7. The third kappa shape index (κ3) is 10.7. The molecule has 3 spiro atoms. The van der Waals surface area contributed by atoms with E-state index in [9.17, 15) is 0 Å². The van der Waals surface area contributed by atoms with E-state index in [4.69, 9.17) is 0 Å². The van der Waals surface area contributed by atoms with Gasteiger partial charge in [0.05, 0.1) is 17.1 Å². The van der Waals surface area contributed by atoms with E-state index in [2.05, 4.69) is 373 Å². The maximum absolute atomic E-state index is 2.54. The Morgan fingerprint density at radius 3 is 0.951 bits per heavy atom. The predicted molar refractivity (Wildman–Crippen MR) is 509 cm³/mol. The third-order valence-corrected chi connectivity index (χ3v) is 34.4. The summed E-state index contributed by atoms with van der Waals surface area (Å²) in [6.07, 6.45) is 21.4. The lowest BCUT2D eigenvalue weighted by Crippen LogP contribution is -2.55. The van der Waals surface area contributed by atoms with Gasteiger partial charge in [0.15, 0.2) is 0 Å². The molecular formula is C118H101N3S. The Hall–Kier alpha value is -11.8. The molecule has 122 heavy (non-hydrogen) atoms. The summed E-state index contributed by atoms with van der Waals surface area (Å²) in [4.78, 5) is 7.56. The molecule has 0 amide bonds. The Morgan fingerprint density at radius 1 is 0.205 bits per heavy atom. The van der Waals surface area contributed by atoms with E-state index < -0.39 is 0 Å². The molecule has 3 nitrogen and oxygen atoms in total. The topological polar surface area (TPSA) is 9.72 Å². The van der Waals surface area contributed by atoms with Gasteiger partial charge in [-0.3, -0.25) is 0 Å². The molecular weight excluding hydrogens is 1490 g/mol. The molecule has 0 unspecified atom stereocenters. The summed E-state index contributed by atoms with van der Waals surface area (Å²) in [6, 6.07) is 135. The highest BCUT2D eigenvalue weighted by molar-refractivity contribution is 7.25. The normalized spacial score (nSPS) is 27.0. The summed E-state index contributed by atoms with van der Waals surface area (Å²) in [6.45, 7) is 0. The number of para-hydroxylation sites is 3. The smallest absolute Gasteiger partial charge is 0.0543 e. The molecule has 1 aromatic heterocycles. The number of benzene rings is 15. The Balaban J connectivity index is 0.0000000985.